The number of thioether (sulfide) groups is 1. The van der Waals surface area contributed by atoms with E-state index < -0.39 is 8.07 Å². The molecule has 2 aromatic rings. The first-order chi connectivity index (χ1) is 11.4. The summed E-state index contributed by atoms with van der Waals surface area (Å²) in [5.41, 5.74) is 0.891. The van der Waals surface area contributed by atoms with Gasteiger partial charge in [-0.1, -0.05) is 31.4 Å². The molecule has 0 aliphatic carbocycles. The third-order valence-corrected chi connectivity index (χ3v) is 8.47. The van der Waals surface area contributed by atoms with Crippen LogP contribution in [0.25, 0.3) is 11.4 Å². The van der Waals surface area contributed by atoms with Gasteiger partial charge < -0.3 is 4.74 Å². The van der Waals surface area contributed by atoms with Gasteiger partial charge in [0.25, 0.3) is 0 Å². The van der Waals surface area contributed by atoms with E-state index in [0.717, 1.165) is 47.9 Å². The topological polar surface area (TPSA) is 39.9 Å². The second-order valence-electron chi connectivity index (χ2n) is 7.41. The maximum Gasteiger partial charge on any atom is 0.191 e. The van der Waals surface area contributed by atoms with Gasteiger partial charge in [-0.2, -0.15) is 0 Å². The van der Waals surface area contributed by atoms with Gasteiger partial charge in [-0.15, -0.1) is 10.2 Å². The van der Waals surface area contributed by atoms with E-state index in [1.807, 2.05) is 0 Å². The highest BCUT2D eigenvalue weighted by molar-refractivity contribution is 8.00. The number of benzene rings is 1. The summed E-state index contributed by atoms with van der Waals surface area (Å²) in [4.78, 5) is 0. The molecule has 1 saturated heterocycles. The summed E-state index contributed by atoms with van der Waals surface area (Å²) in [6.45, 7) is 8.63. The van der Waals surface area contributed by atoms with E-state index in [1.165, 1.54) is 12.1 Å². The summed E-state index contributed by atoms with van der Waals surface area (Å²) in [6, 6.07) is 6.46. The van der Waals surface area contributed by atoms with Crippen molar-refractivity contribution >= 4 is 19.8 Å². The van der Waals surface area contributed by atoms with Crippen molar-refractivity contribution in [3.63, 3.8) is 0 Å². The van der Waals surface area contributed by atoms with Crippen molar-refractivity contribution in [3.05, 3.63) is 30.1 Å². The monoisotopic (exact) mass is 365 g/mol. The van der Waals surface area contributed by atoms with E-state index in [0.29, 0.717) is 0 Å². The van der Waals surface area contributed by atoms with E-state index in [1.54, 1.807) is 23.9 Å². The number of halogens is 1. The zero-order chi connectivity index (χ0) is 17.2. The Morgan fingerprint density at radius 3 is 2.62 bits per heavy atom. The van der Waals surface area contributed by atoms with Gasteiger partial charge in [0.2, 0.25) is 0 Å². The largest absolute Gasteiger partial charge is 0.376 e. The Hall–Kier alpha value is -1.18. The van der Waals surface area contributed by atoms with Crippen LogP contribution in [0.2, 0.25) is 19.6 Å². The lowest BCUT2D eigenvalue weighted by molar-refractivity contribution is 0.0953. The molecule has 0 radical (unpaired) electrons. The predicted molar refractivity (Wildman–Crippen MR) is 98.5 cm³/mol. The molecular formula is C17H24FN3OSSi. The molecule has 0 N–H and O–H groups in total. The van der Waals surface area contributed by atoms with Crippen molar-refractivity contribution < 1.29 is 9.13 Å². The second-order valence-corrected chi connectivity index (χ2v) is 14.3. The van der Waals surface area contributed by atoms with E-state index in [2.05, 4.69) is 34.4 Å². The first kappa shape index (κ1) is 17.6. The normalized spacial score (nSPS) is 18.2. The third kappa shape index (κ3) is 4.46. The molecule has 24 heavy (non-hydrogen) atoms. The lowest BCUT2D eigenvalue weighted by Gasteiger charge is -2.17. The van der Waals surface area contributed by atoms with Crippen LogP contribution in [0.15, 0.2) is 29.4 Å². The van der Waals surface area contributed by atoms with E-state index in [4.69, 9.17) is 4.74 Å². The average Bonchev–Trinajstić information content (AvgIpc) is 3.16. The Morgan fingerprint density at radius 2 is 2.00 bits per heavy atom. The van der Waals surface area contributed by atoms with Gasteiger partial charge in [0.15, 0.2) is 11.0 Å². The summed E-state index contributed by atoms with van der Waals surface area (Å²) < 4.78 is 21.2. The minimum absolute atomic E-state index is 0.214. The molecule has 0 saturated carbocycles. The van der Waals surface area contributed by atoms with Crippen LogP contribution in [0.4, 0.5) is 4.39 Å². The van der Waals surface area contributed by atoms with E-state index >= 15 is 0 Å². The molecule has 1 aliphatic heterocycles. The van der Waals surface area contributed by atoms with Crippen molar-refractivity contribution in [1.29, 1.82) is 0 Å². The number of aromatic nitrogens is 3. The van der Waals surface area contributed by atoms with Crippen LogP contribution in [-0.4, -0.2) is 40.9 Å². The minimum Gasteiger partial charge on any atom is -0.376 e. The number of hydrogen-bond donors (Lipinski definition) is 0. The highest BCUT2D eigenvalue weighted by Crippen LogP contribution is 2.28. The van der Waals surface area contributed by atoms with Crippen molar-refractivity contribution in [3.8, 4) is 11.4 Å². The van der Waals surface area contributed by atoms with Gasteiger partial charge in [0, 0.05) is 12.2 Å². The Morgan fingerprint density at radius 1 is 1.25 bits per heavy atom. The van der Waals surface area contributed by atoms with Gasteiger partial charge in [-0.05, 0) is 42.5 Å². The van der Waals surface area contributed by atoms with Crippen molar-refractivity contribution in [1.82, 2.24) is 14.8 Å². The smallest absolute Gasteiger partial charge is 0.191 e. The number of nitrogens with zero attached hydrogens (tertiary/aromatic N) is 3. The highest BCUT2D eigenvalue weighted by atomic mass is 32.2. The summed E-state index contributed by atoms with van der Waals surface area (Å²) in [5, 5.41) is 10.8. The molecule has 3 rings (SSSR count). The van der Waals surface area contributed by atoms with Gasteiger partial charge in [-0.25, -0.2) is 4.39 Å². The van der Waals surface area contributed by atoms with Crippen LogP contribution >= 0.6 is 11.8 Å². The lowest BCUT2D eigenvalue weighted by Crippen LogP contribution is -2.24. The van der Waals surface area contributed by atoms with Gasteiger partial charge in [-0.3, -0.25) is 4.57 Å². The number of ether oxygens (including phenoxy) is 1. The standard InChI is InChI=1S/C17H24FN3OSSi/c1-24(2,3)12-23-17-20-19-16(13-6-8-14(18)9-7-13)21(17)11-15-5-4-10-22-15/h6-9,15H,4-5,10-12H2,1-3H3. The molecule has 7 heteroatoms. The van der Waals surface area contributed by atoms with E-state index in [-0.39, 0.29) is 11.9 Å². The van der Waals surface area contributed by atoms with Crippen LogP contribution in [0, 0.1) is 5.82 Å². The summed E-state index contributed by atoms with van der Waals surface area (Å²) in [6.07, 6.45) is 2.39. The molecule has 0 bridgehead atoms. The molecular weight excluding hydrogens is 341 g/mol. The Labute approximate surface area is 147 Å². The summed E-state index contributed by atoms with van der Waals surface area (Å²) in [7, 11) is -1.18. The molecule has 2 heterocycles. The minimum atomic E-state index is -1.18. The zero-order valence-electron chi connectivity index (χ0n) is 14.5. The molecule has 0 amide bonds. The Kier molecular flexibility index (Phi) is 5.41. The van der Waals surface area contributed by atoms with Crippen LogP contribution in [0.1, 0.15) is 12.8 Å². The summed E-state index contributed by atoms with van der Waals surface area (Å²) in [5.74, 6) is 0.556. The summed E-state index contributed by atoms with van der Waals surface area (Å²) >= 11 is 1.78. The zero-order valence-corrected chi connectivity index (χ0v) is 16.3. The SMILES string of the molecule is C[Si](C)(C)CSc1nnc(-c2ccc(F)cc2)n1CC1CCCO1. The quantitative estimate of drug-likeness (QED) is 0.567. The molecule has 1 aliphatic rings. The maximum atomic E-state index is 13.2. The fourth-order valence-electron chi connectivity index (χ4n) is 2.65. The second kappa shape index (κ2) is 7.37. The van der Waals surface area contributed by atoms with Crippen LogP contribution in [0.5, 0.6) is 0 Å². The molecule has 130 valence electrons. The maximum absolute atomic E-state index is 13.2. The van der Waals surface area contributed by atoms with Gasteiger partial charge >= 0.3 is 0 Å². The number of hydrogen-bond acceptors (Lipinski definition) is 4. The van der Waals surface area contributed by atoms with Crippen LogP contribution < -0.4 is 0 Å². The third-order valence-electron chi connectivity index (χ3n) is 3.86. The molecule has 1 fully saturated rings. The molecule has 1 atom stereocenters. The lowest BCUT2D eigenvalue weighted by atomic mass is 10.2. The Balaban J connectivity index is 1.89. The number of rotatable bonds is 6. The van der Waals surface area contributed by atoms with Gasteiger partial charge in [0.1, 0.15) is 5.82 Å². The molecule has 4 nitrogen and oxygen atoms in total. The first-order valence-corrected chi connectivity index (χ1v) is 13.1. The van der Waals surface area contributed by atoms with Crippen LogP contribution in [-0.2, 0) is 11.3 Å². The van der Waals surface area contributed by atoms with Crippen molar-refractivity contribution in [2.24, 2.45) is 0 Å². The molecule has 1 aromatic carbocycles. The molecule has 1 unspecified atom stereocenters. The Bertz CT molecular complexity index is 678. The highest BCUT2D eigenvalue weighted by Gasteiger charge is 2.23. The first-order valence-electron chi connectivity index (χ1n) is 8.36. The van der Waals surface area contributed by atoms with Crippen LogP contribution in [0.3, 0.4) is 0 Å². The van der Waals surface area contributed by atoms with E-state index in [9.17, 15) is 4.39 Å². The average molecular weight is 366 g/mol. The van der Waals surface area contributed by atoms with Crippen molar-refractivity contribution in [2.75, 3.05) is 12.0 Å². The fraction of sp³-hybridized carbons (Fsp3) is 0.529. The fourth-order valence-corrected chi connectivity index (χ4v) is 5.31. The van der Waals surface area contributed by atoms with Gasteiger partial charge in [0.05, 0.1) is 20.7 Å². The molecule has 0 spiro atoms. The molecule has 1 aromatic heterocycles. The van der Waals surface area contributed by atoms with Crippen molar-refractivity contribution in [2.45, 2.75) is 50.3 Å². The predicted octanol–water partition coefficient (Wildman–Crippen LogP) is 4.23.